The lowest BCUT2D eigenvalue weighted by molar-refractivity contribution is 0.920. The highest BCUT2D eigenvalue weighted by molar-refractivity contribution is 9.10. The van der Waals surface area contributed by atoms with Crippen molar-refractivity contribution in [1.29, 1.82) is 0 Å². The maximum Gasteiger partial charge on any atom is 0.0483 e. The van der Waals surface area contributed by atoms with Crippen molar-refractivity contribution < 1.29 is 0 Å². The number of rotatable bonds is 3. The van der Waals surface area contributed by atoms with Crippen LogP contribution in [0.3, 0.4) is 0 Å². The third-order valence-corrected chi connectivity index (χ3v) is 7.38. The van der Waals surface area contributed by atoms with Crippen molar-refractivity contribution in [1.82, 2.24) is 4.57 Å². The molecule has 28 heavy (non-hydrogen) atoms. The van der Waals surface area contributed by atoms with Crippen LogP contribution >= 0.6 is 27.7 Å². The number of aromatic nitrogens is 1. The second kappa shape index (κ2) is 7.31. The van der Waals surface area contributed by atoms with E-state index in [1.807, 2.05) is 11.8 Å². The van der Waals surface area contributed by atoms with E-state index in [9.17, 15) is 0 Å². The predicted molar refractivity (Wildman–Crippen MR) is 125 cm³/mol. The van der Waals surface area contributed by atoms with Crippen molar-refractivity contribution in [2.45, 2.75) is 11.7 Å². The molecule has 0 amide bonds. The zero-order valence-electron chi connectivity index (χ0n) is 15.6. The summed E-state index contributed by atoms with van der Waals surface area (Å²) in [6, 6.07) is 30.6. The minimum absolute atomic E-state index is 0.455. The Morgan fingerprint density at radius 2 is 1.61 bits per heavy atom. The molecular formula is C25H20BrNS. The molecule has 0 spiro atoms. The normalized spacial score (nSPS) is 16.9. The number of hydrogen-bond acceptors (Lipinski definition) is 1. The fourth-order valence-corrected chi connectivity index (χ4v) is 5.86. The molecule has 1 aliphatic heterocycles. The molecule has 1 aliphatic rings. The third kappa shape index (κ3) is 3.13. The quantitative estimate of drug-likeness (QED) is 0.312. The van der Waals surface area contributed by atoms with Gasteiger partial charge in [0.2, 0.25) is 0 Å². The first-order chi connectivity index (χ1) is 13.7. The minimum atomic E-state index is 0.455. The molecule has 138 valence electrons. The van der Waals surface area contributed by atoms with Gasteiger partial charge in [-0.1, -0.05) is 76.6 Å². The second-order valence-electron chi connectivity index (χ2n) is 7.19. The molecule has 1 unspecified atom stereocenters. The predicted octanol–water partition coefficient (Wildman–Crippen LogP) is 7.69. The molecule has 3 aromatic carbocycles. The number of hydrogen-bond donors (Lipinski definition) is 0. The standard InChI is InChI=1S/C25H20BrNS/c1-27-22-13-12-20(26)14-19(22)15-23(27)21-16-24(17-8-4-2-5-9-17)28-25(21)18-10-6-3-7-11-18/h2-15,24H,16H2,1H3. The number of benzene rings is 3. The Morgan fingerprint density at radius 3 is 2.36 bits per heavy atom. The highest BCUT2D eigenvalue weighted by Gasteiger charge is 2.29. The van der Waals surface area contributed by atoms with E-state index in [0.717, 1.165) is 10.9 Å². The Kier molecular flexibility index (Phi) is 4.65. The molecule has 4 aromatic rings. The Bertz CT molecular complexity index is 1180. The molecule has 0 saturated heterocycles. The van der Waals surface area contributed by atoms with Crippen LogP contribution in [0.5, 0.6) is 0 Å². The number of thioether (sulfide) groups is 1. The average molecular weight is 446 g/mol. The van der Waals surface area contributed by atoms with Crippen molar-refractivity contribution in [3.8, 4) is 0 Å². The van der Waals surface area contributed by atoms with Gasteiger partial charge in [0.15, 0.2) is 0 Å². The molecule has 1 aromatic heterocycles. The lowest BCUT2D eigenvalue weighted by Crippen LogP contribution is -1.97. The van der Waals surface area contributed by atoms with Gasteiger partial charge in [-0.15, -0.1) is 11.8 Å². The van der Waals surface area contributed by atoms with E-state index >= 15 is 0 Å². The van der Waals surface area contributed by atoms with Crippen LogP contribution in [0.15, 0.2) is 89.4 Å². The van der Waals surface area contributed by atoms with Crippen LogP contribution in [0, 0.1) is 0 Å². The van der Waals surface area contributed by atoms with Gasteiger partial charge in [-0.25, -0.2) is 0 Å². The first-order valence-corrected chi connectivity index (χ1v) is 11.1. The topological polar surface area (TPSA) is 4.93 Å². The van der Waals surface area contributed by atoms with E-state index in [-0.39, 0.29) is 0 Å². The van der Waals surface area contributed by atoms with Crippen molar-refractivity contribution in [3.05, 3.63) is 106 Å². The summed E-state index contributed by atoms with van der Waals surface area (Å²) >= 11 is 5.61. The van der Waals surface area contributed by atoms with Crippen molar-refractivity contribution in [2.75, 3.05) is 0 Å². The monoisotopic (exact) mass is 445 g/mol. The van der Waals surface area contributed by atoms with Gasteiger partial charge >= 0.3 is 0 Å². The SMILES string of the molecule is Cn1c(C2=C(c3ccccc3)SC(c3ccccc3)C2)cc2cc(Br)ccc21. The fourth-order valence-electron chi connectivity index (χ4n) is 4.05. The molecule has 2 heterocycles. The summed E-state index contributed by atoms with van der Waals surface area (Å²) in [7, 11) is 2.18. The number of aryl methyl sites for hydroxylation is 1. The number of nitrogens with zero attached hydrogens (tertiary/aromatic N) is 1. The fraction of sp³-hybridized carbons (Fsp3) is 0.120. The van der Waals surface area contributed by atoms with Gasteiger partial charge in [-0.2, -0.15) is 0 Å². The second-order valence-corrected chi connectivity index (χ2v) is 9.32. The molecule has 0 fully saturated rings. The number of fused-ring (bicyclic) bond motifs is 1. The van der Waals surface area contributed by atoms with Gasteiger partial charge in [0.05, 0.1) is 0 Å². The molecule has 0 bridgehead atoms. The lowest BCUT2D eigenvalue weighted by Gasteiger charge is -2.10. The van der Waals surface area contributed by atoms with E-state index in [0.29, 0.717) is 5.25 Å². The zero-order valence-corrected chi connectivity index (χ0v) is 18.0. The van der Waals surface area contributed by atoms with Crippen molar-refractivity contribution in [2.24, 2.45) is 7.05 Å². The summed E-state index contributed by atoms with van der Waals surface area (Å²) in [5.41, 5.74) is 6.74. The van der Waals surface area contributed by atoms with Gasteiger partial charge in [0.25, 0.3) is 0 Å². The largest absolute Gasteiger partial charge is 0.344 e. The Labute approximate surface area is 178 Å². The molecule has 0 N–H and O–H groups in total. The van der Waals surface area contributed by atoms with Crippen LogP contribution in [-0.2, 0) is 7.05 Å². The Hall–Kier alpha value is -2.23. The van der Waals surface area contributed by atoms with Crippen molar-refractivity contribution >= 4 is 49.1 Å². The molecule has 3 heteroatoms. The molecule has 0 aliphatic carbocycles. The summed E-state index contributed by atoms with van der Waals surface area (Å²) in [5.74, 6) is 0. The molecule has 0 radical (unpaired) electrons. The van der Waals surface area contributed by atoms with Crippen LogP contribution in [-0.4, -0.2) is 4.57 Å². The maximum atomic E-state index is 3.61. The van der Waals surface area contributed by atoms with Gasteiger partial charge in [-0.05, 0) is 47.4 Å². The minimum Gasteiger partial charge on any atom is -0.344 e. The maximum absolute atomic E-state index is 3.61. The Morgan fingerprint density at radius 1 is 0.893 bits per heavy atom. The van der Waals surface area contributed by atoms with E-state index in [1.54, 1.807) is 0 Å². The summed E-state index contributed by atoms with van der Waals surface area (Å²) in [6.07, 6.45) is 1.05. The zero-order chi connectivity index (χ0) is 19.1. The van der Waals surface area contributed by atoms with Crippen LogP contribution in [0.1, 0.15) is 28.5 Å². The smallest absolute Gasteiger partial charge is 0.0483 e. The summed E-state index contributed by atoms with van der Waals surface area (Å²) < 4.78 is 3.46. The number of halogens is 1. The first kappa shape index (κ1) is 17.8. The van der Waals surface area contributed by atoms with Crippen molar-refractivity contribution in [3.63, 3.8) is 0 Å². The third-order valence-electron chi connectivity index (χ3n) is 5.44. The number of allylic oxidation sites excluding steroid dienone is 1. The van der Waals surface area contributed by atoms with Gasteiger partial charge < -0.3 is 4.57 Å². The van der Waals surface area contributed by atoms with Gasteiger partial charge in [0.1, 0.15) is 0 Å². The van der Waals surface area contributed by atoms with Gasteiger partial charge in [-0.3, -0.25) is 0 Å². The summed E-state index contributed by atoms with van der Waals surface area (Å²) in [5, 5.41) is 1.73. The molecule has 1 atom stereocenters. The van der Waals surface area contributed by atoms with Crippen LogP contribution in [0.2, 0.25) is 0 Å². The molecule has 1 nitrogen and oxygen atoms in total. The molecule has 0 saturated carbocycles. The highest BCUT2D eigenvalue weighted by atomic mass is 79.9. The molecular weight excluding hydrogens is 426 g/mol. The highest BCUT2D eigenvalue weighted by Crippen LogP contribution is 2.55. The van der Waals surface area contributed by atoms with Crippen LogP contribution < -0.4 is 0 Å². The van der Waals surface area contributed by atoms with Gasteiger partial charge in [0, 0.05) is 38.3 Å². The van der Waals surface area contributed by atoms with Crippen LogP contribution in [0.25, 0.3) is 21.4 Å². The van der Waals surface area contributed by atoms with E-state index < -0.39 is 0 Å². The summed E-state index contributed by atoms with van der Waals surface area (Å²) in [4.78, 5) is 1.40. The van der Waals surface area contributed by atoms with E-state index in [2.05, 4.69) is 112 Å². The lowest BCUT2D eigenvalue weighted by atomic mass is 9.99. The Balaban J connectivity index is 1.66. The first-order valence-electron chi connectivity index (χ1n) is 9.46. The van der Waals surface area contributed by atoms with E-state index in [1.165, 1.54) is 38.2 Å². The summed E-state index contributed by atoms with van der Waals surface area (Å²) in [6.45, 7) is 0. The average Bonchev–Trinajstić information content (AvgIpc) is 3.31. The molecule has 5 rings (SSSR count). The van der Waals surface area contributed by atoms with E-state index in [4.69, 9.17) is 0 Å². The van der Waals surface area contributed by atoms with Crippen LogP contribution in [0.4, 0.5) is 0 Å².